The topological polar surface area (TPSA) is 29.3 Å². The molecular weight excluding hydrogens is 124 g/mol. The fourth-order valence-corrected chi connectivity index (χ4v) is 1.11. The van der Waals surface area contributed by atoms with Gasteiger partial charge in [0, 0.05) is 12.1 Å². The van der Waals surface area contributed by atoms with Crippen LogP contribution in [-0.4, -0.2) is 30.6 Å². The van der Waals surface area contributed by atoms with Gasteiger partial charge in [0.1, 0.15) is 0 Å². The normalized spacial score (nSPS) is 21.6. The zero-order valence-corrected chi connectivity index (χ0v) is 7.01. The van der Waals surface area contributed by atoms with Crippen molar-refractivity contribution in [3.05, 3.63) is 0 Å². The van der Waals surface area contributed by atoms with Gasteiger partial charge in [-0.3, -0.25) is 0 Å². The number of nitrogens with zero attached hydrogens (tertiary/aromatic N) is 1. The number of rotatable bonds is 4. The number of hydrogen-bond donors (Lipinski definition) is 1. The van der Waals surface area contributed by atoms with E-state index in [0.717, 1.165) is 12.5 Å². The van der Waals surface area contributed by atoms with E-state index < -0.39 is 0 Å². The molecule has 0 amide bonds. The fraction of sp³-hybridized carbons (Fsp3) is 1.00. The highest BCUT2D eigenvalue weighted by Gasteiger charge is 2.25. The molecule has 0 saturated heterocycles. The van der Waals surface area contributed by atoms with Crippen LogP contribution in [0.2, 0.25) is 0 Å². The van der Waals surface area contributed by atoms with Gasteiger partial charge < -0.3 is 10.6 Å². The lowest BCUT2D eigenvalue weighted by molar-refractivity contribution is 0.311. The van der Waals surface area contributed by atoms with E-state index in [9.17, 15) is 0 Å². The predicted octanol–water partition coefficient (Wildman–Crippen LogP) is 0.818. The Balaban J connectivity index is 2.00. The van der Waals surface area contributed by atoms with Crippen LogP contribution in [0.5, 0.6) is 0 Å². The second kappa shape index (κ2) is 3.35. The molecule has 0 aliphatic heterocycles. The van der Waals surface area contributed by atoms with Crippen molar-refractivity contribution in [1.29, 1.82) is 0 Å². The first-order valence-electron chi connectivity index (χ1n) is 4.16. The third-order valence-corrected chi connectivity index (χ3v) is 2.11. The summed E-state index contributed by atoms with van der Waals surface area (Å²) in [4.78, 5) is 2.42. The average Bonchev–Trinajstić information content (AvgIpc) is 2.63. The summed E-state index contributed by atoms with van der Waals surface area (Å²) in [5, 5.41) is 0. The van der Waals surface area contributed by atoms with Crippen molar-refractivity contribution >= 4 is 0 Å². The maximum Gasteiger partial charge on any atom is 0.00933 e. The van der Waals surface area contributed by atoms with Gasteiger partial charge in [-0.05, 0) is 39.8 Å². The van der Waals surface area contributed by atoms with Gasteiger partial charge in [-0.2, -0.15) is 0 Å². The summed E-state index contributed by atoms with van der Waals surface area (Å²) >= 11 is 0. The summed E-state index contributed by atoms with van der Waals surface area (Å²) in [6.07, 6.45) is 3.93. The third kappa shape index (κ3) is 2.67. The minimum Gasteiger partial charge on any atom is -0.328 e. The molecule has 2 heteroatoms. The van der Waals surface area contributed by atoms with Crippen molar-refractivity contribution < 1.29 is 0 Å². The van der Waals surface area contributed by atoms with E-state index in [1.807, 2.05) is 0 Å². The Morgan fingerprint density at radius 3 is 2.60 bits per heavy atom. The van der Waals surface area contributed by atoms with Crippen LogP contribution >= 0.6 is 0 Å². The molecule has 10 heavy (non-hydrogen) atoms. The van der Waals surface area contributed by atoms with Crippen LogP contribution in [0.15, 0.2) is 0 Å². The molecule has 1 rings (SSSR count). The third-order valence-electron chi connectivity index (χ3n) is 2.11. The molecule has 60 valence electrons. The maximum absolute atomic E-state index is 5.63. The van der Waals surface area contributed by atoms with Gasteiger partial charge in [0.25, 0.3) is 0 Å². The molecule has 0 spiro atoms. The SMILES string of the molecule is CC(N)CCN(C)C1CC1. The van der Waals surface area contributed by atoms with Gasteiger partial charge >= 0.3 is 0 Å². The van der Waals surface area contributed by atoms with Crippen LogP contribution in [-0.2, 0) is 0 Å². The first kappa shape index (κ1) is 8.02. The highest BCUT2D eigenvalue weighted by atomic mass is 15.1. The van der Waals surface area contributed by atoms with Crippen molar-refractivity contribution in [2.75, 3.05) is 13.6 Å². The summed E-state index contributed by atoms with van der Waals surface area (Å²) in [5.74, 6) is 0. The molecule has 1 fully saturated rings. The molecule has 0 heterocycles. The van der Waals surface area contributed by atoms with Crippen molar-refractivity contribution in [1.82, 2.24) is 4.90 Å². The maximum atomic E-state index is 5.63. The van der Waals surface area contributed by atoms with Gasteiger partial charge in [-0.15, -0.1) is 0 Å². The van der Waals surface area contributed by atoms with E-state index in [-0.39, 0.29) is 0 Å². The molecule has 0 bridgehead atoms. The molecular formula is C8H18N2. The van der Waals surface area contributed by atoms with Crippen molar-refractivity contribution in [3.8, 4) is 0 Å². The molecule has 1 atom stereocenters. The molecule has 2 nitrogen and oxygen atoms in total. The largest absolute Gasteiger partial charge is 0.328 e. The number of nitrogens with two attached hydrogens (primary N) is 1. The molecule has 2 N–H and O–H groups in total. The Labute approximate surface area is 63.4 Å². The summed E-state index contributed by atoms with van der Waals surface area (Å²) in [7, 11) is 2.19. The fourth-order valence-electron chi connectivity index (χ4n) is 1.11. The average molecular weight is 142 g/mol. The monoisotopic (exact) mass is 142 g/mol. The lowest BCUT2D eigenvalue weighted by Gasteiger charge is -2.16. The highest BCUT2D eigenvalue weighted by Crippen LogP contribution is 2.25. The summed E-state index contributed by atoms with van der Waals surface area (Å²) in [6, 6.07) is 1.25. The van der Waals surface area contributed by atoms with Crippen LogP contribution in [0.3, 0.4) is 0 Å². The molecule has 1 saturated carbocycles. The number of hydrogen-bond acceptors (Lipinski definition) is 2. The van der Waals surface area contributed by atoms with E-state index in [1.165, 1.54) is 19.4 Å². The zero-order chi connectivity index (χ0) is 7.56. The summed E-state index contributed by atoms with van der Waals surface area (Å²) in [5.41, 5.74) is 5.63. The second-order valence-corrected chi connectivity index (χ2v) is 3.48. The zero-order valence-electron chi connectivity index (χ0n) is 7.01. The molecule has 0 aromatic carbocycles. The second-order valence-electron chi connectivity index (χ2n) is 3.48. The van der Waals surface area contributed by atoms with Crippen LogP contribution in [0.25, 0.3) is 0 Å². The first-order valence-corrected chi connectivity index (χ1v) is 4.16. The molecule has 0 aromatic rings. The van der Waals surface area contributed by atoms with Gasteiger partial charge in [0.05, 0.1) is 0 Å². The molecule has 1 unspecified atom stereocenters. The van der Waals surface area contributed by atoms with E-state index >= 15 is 0 Å². The summed E-state index contributed by atoms with van der Waals surface area (Å²) in [6.45, 7) is 3.24. The van der Waals surface area contributed by atoms with Crippen molar-refractivity contribution in [2.45, 2.75) is 38.3 Å². The summed E-state index contributed by atoms with van der Waals surface area (Å²) < 4.78 is 0. The standard InChI is InChI=1S/C8H18N2/c1-7(9)5-6-10(2)8-3-4-8/h7-8H,3-6,9H2,1-2H3. The van der Waals surface area contributed by atoms with Gasteiger partial charge in [-0.1, -0.05) is 0 Å². The van der Waals surface area contributed by atoms with Crippen LogP contribution in [0.4, 0.5) is 0 Å². The molecule has 1 aliphatic rings. The molecule has 0 aromatic heterocycles. The Morgan fingerprint density at radius 1 is 1.60 bits per heavy atom. The van der Waals surface area contributed by atoms with Gasteiger partial charge in [0.2, 0.25) is 0 Å². The highest BCUT2D eigenvalue weighted by molar-refractivity contribution is 4.82. The van der Waals surface area contributed by atoms with Crippen LogP contribution in [0.1, 0.15) is 26.2 Å². The van der Waals surface area contributed by atoms with Crippen molar-refractivity contribution in [3.63, 3.8) is 0 Å². The quantitative estimate of drug-likeness (QED) is 0.629. The van der Waals surface area contributed by atoms with E-state index in [2.05, 4.69) is 18.9 Å². The predicted molar refractivity (Wildman–Crippen MR) is 43.9 cm³/mol. The Morgan fingerprint density at radius 2 is 2.20 bits per heavy atom. The van der Waals surface area contributed by atoms with E-state index in [1.54, 1.807) is 0 Å². The minimum atomic E-state index is 0.362. The minimum absolute atomic E-state index is 0.362. The van der Waals surface area contributed by atoms with Gasteiger partial charge in [-0.25, -0.2) is 0 Å². The van der Waals surface area contributed by atoms with E-state index in [4.69, 9.17) is 5.73 Å². The van der Waals surface area contributed by atoms with Crippen LogP contribution < -0.4 is 5.73 Å². The molecule has 0 radical (unpaired) electrons. The smallest absolute Gasteiger partial charge is 0.00933 e. The molecule has 1 aliphatic carbocycles. The Kier molecular flexibility index (Phi) is 2.69. The Hall–Kier alpha value is -0.0800. The lowest BCUT2D eigenvalue weighted by atomic mass is 10.2. The van der Waals surface area contributed by atoms with Crippen LogP contribution in [0, 0.1) is 0 Å². The Bertz CT molecular complexity index is 97.4. The van der Waals surface area contributed by atoms with Gasteiger partial charge in [0.15, 0.2) is 0 Å². The lowest BCUT2D eigenvalue weighted by Crippen LogP contribution is -2.27. The first-order chi connectivity index (χ1) is 4.70. The van der Waals surface area contributed by atoms with E-state index in [0.29, 0.717) is 6.04 Å². The van der Waals surface area contributed by atoms with Crippen molar-refractivity contribution in [2.24, 2.45) is 5.73 Å².